The minimum Gasteiger partial charge on any atom is -0.465 e. The van der Waals surface area contributed by atoms with Gasteiger partial charge in [0.25, 0.3) is 0 Å². The highest BCUT2D eigenvalue weighted by Crippen LogP contribution is 2.27. The fraction of sp³-hybridized carbons (Fsp3) is 0.300. The zero-order valence-electron chi connectivity index (χ0n) is 22.7. The lowest BCUT2D eigenvalue weighted by atomic mass is 10.0. The first-order valence-corrected chi connectivity index (χ1v) is 12.6. The molecule has 0 aliphatic carbocycles. The fourth-order valence-corrected chi connectivity index (χ4v) is 4.32. The van der Waals surface area contributed by atoms with E-state index in [-0.39, 0.29) is 12.6 Å². The Morgan fingerprint density at radius 2 is 1.82 bits per heavy atom. The molecule has 0 bridgehead atoms. The number of carbonyl (C=O) groups excluding carboxylic acids is 2. The van der Waals surface area contributed by atoms with Gasteiger partial charge in [-0.25, -0.2) is 19.1 Å². The number of esters is 1. The number of hydrogen-bond donors (Lipinski definition) is 0. The average molecular weight is 526 g/mol. The standard InChI is InChI=1S/C30H31N5O4/c1-20(24-10-8-9-15-32-24)34(18-22-14-13-21(17-31)16-23(22)28(36)38-5)19-27-33-25-11-6-7-12-26(25)35(27)29(37)39-30(2,3)4/h6-16,20H,18-19H2,1-5H3. The molecular formula is C30H31N5O4. The number of aromatic nitrogens is 3. The molecule has 0 saturated heterocycles. The largest absolute Gasteiger partial charge is 0.465 e. The van der Waals surface area contributed by atoms with Crippen LogP contribution < -0.4 is 0 Å². The predicted octanol–water partition coefficient (Wildman–Crippen LogP) is 5.64. The molecule has 39 heavy (non-hydrogen) atoms. The van der Waals surface area contributed by atoms with Crippen molar-refractivity contribution in [2.45, 2.75) is 52.4 Å². The Balaban J connectivity index is 1.81. The van der Waals surface area contributed by atoms with Gasteiger partial charge in [0.05, 0.1) is 53.6 Å². The van der Waals surface area contributed by atoms with E-state index in [1.54, 1.807) is 18.3 Å². The van der Waals surface area contributed by atoms with Gasteiger partial charge in [-0.15, -0.1) is 0 Å². The number of para-hydroxylation sites is 2. The molecule has 2 aromatic carbocycles. The third-order valence-electron chi connectivity index (χ3n) is 6.23. The number of hydrogen-bond acceptors (Lipinski definition) is 8. The lowest BCUT2D eigenvalue weighted by molar-refractivity contribution is 0.0531. The number of nitriles is 1. The Morgan fingerprint density at radius 1 is 1.08 bits per heavy atom. The summed E-state index contributed by atoms with van der Waals surface area (Å²) in [4.78, 5) is 37.4. The van der Waals surface area contributed by atoms with Crippen molar-refractivity contribution in [1.29, 1.82) is 5.26 Å². The highest BCUT2D eigenvalue weighted by atomic mass is 16.6. The molecule has 2 aromatic heterocycles. The van der Waals surface area contributed by atoms with Gasteiger partial charge >= 0.3 is 12.1 Å². The highest BCUT2D eigenvalue weighted by molar-refractivity contribution is 5.91. The lowest BCUT2D eigenvalue weighted by Crippen LogP contribution is -2.32. The van der Waals surface area contributed by atoms with Crippen LogP contribution in [0.5, 0.6) is 0 Å². The first kappa shape index (κ1) is 27.5. The van der Waals surface area contributed by atoms with Gasteiger partial charge in [-0.05, 0) is 69.7 Å². The molecule has 0 amide bonds. The lowest BCUT2D eigenvalue weighted by Gasteiger charge is -2.29. The van der Waals surface area contributed by atoms with Crippen molar-refractivity contribution in [3.63, 3.8) is 0 Å². The Morgan fingerprint density at radius 3 is 2.49 bits per heavy atom. The maximum Gasteiger partial charge on any atom is 0.420 e. The molecule has 1 unspecified atom stereocenters. The number of imidazole rings is 1. The number of pyridine rings is 1. The summed E-state index contributed by atoms with van der Waals surface area (Å²) in [5, 5.41) is 9.38. The van der Waals surface area contributed by atoms with Crippen LogP contribution in [0.3, 0.4) is 0 Å². The van der Waals surface area contributed by atoms with Crippen LogP contribution in [0.15, 0.2) is 66.9 Å². The van der Waals surface area contributed by atoms with Crippen molar-refractivity contribution in [2.75, 3.05) is 7.11 Å². The average Bonchev–Trinajstić information content (AvgIpc) is 3.29. The molecule has 0 radical (unpaired) electrons. The minimum atomic E-state index is -0.696. The Bertz CT molecular complexity index is 1530. The van der Waals surface area contributed by atoms with Crippen LogP contribution in [0.4, 0.5) is 4.79 Å². The van der Waals surface area contributed by atoms with Crippen molar-refractivity contribution >= 4 is 23.1 Å². The second kappa shape index (κ2) is 11.5. The Labute approximate surface area is 227 Å². The number of rotatable bonds is 7. The van der Waals surface area contributed by atoms with Crippen LogP contribution in [0.25, 0.3) is 11.0 Å². The molecule has 0 saturated carbocycles. The van der Waals surface area contributed by atoms with Crippen molar-refractivity contribution < 1.29 is 19.1 Å². The van der Waals surface area contributed by atoms with E-state index in [0.29, 0.717) is 40.1 Å². The Kier molecular flexibility index (Phi) is 8.07. The van der Waals surface area contributed by atoms with Crippen LogP contribution in [-0.4, -0.2) is 44.2 Å². The van der Waals surface area contributed by atoms with Gasteiger partial charge in [0.2, 0.25) is 0 Å². The van der Waals surface area contributed by atoms with Crippen LogP contribution in [-0.2, 0) is 22.6 Å². The smallest absolute Gasteiger partial charge is 0.420 e. The second-order valence-corrected chi connectivity index (χ2v) is 10.1. The molecule has 9 nitrogen and oxygen atoms in total. The predicted molar refractivity (Wildman–Crippen MR) is 146 cm³/mol. The van der Waals surface area contributed by atoms with Crippen molar-refractivity contribution in [3.8, 4) is 6.07 Å². The maximum atomic E-state index is 13.4. The van der Waals surface area contributed by atoms with E-state index in [0.717, 1.165) is 5.69 Å². The third-order valence-corrected chi connectivity index (χ3v) is 6.23. The zero-order chi connectivity index (χ0) is 28.2. The van der Waals surface area contributed by atoms with Crippen molar-refractivity contribution in [3.05, 3.63) is 95.1 Å². The van der Waals surface area contributed by atoms with Gasteiger partial charge in [0.1, 0.15) is 11.4 Å². The first-order chi connectivity index (χ1) is 18.6. The summed E-state index contributed by atoms with van der Waals surface area (Å²) < 4.78 is 12.2. The molecular weight excluding hydrogens is 494 g/mol. The summed E-state index contributed by atoms with van der Waals surface area (Å²) in [6.07, 6.45) is 1.20. The third kappa shape index (κ3) is 6.30. The number of benzene rings is 2. The van der Waals surface area contributed by atoms with Gasteiger partial charge < -0.3 is 9.47 Å². The van der Waals surface area contributed by atoms with E-state index in [4.69, 9.17) is 14.5 Å². The van der Waals surface area contributed by atoms with E-state index < -0.39 is 17.7 Å². The molecule has 4 rings (SSSR count). The number of fused-ring (bicyclic) bond motifs is 1. The molecule has 0 aliphatic rings. The monoisotopic (exact) mass is 525 g/mol. The molecule has 1 atom stereocenters. The molecule has 0 aliphatic heterocycles. The van der Waals surface area contributed by atoms with Crippen LogP contribution in [0.1, 0.15) is 66.7 Å². The van der Waals surface area contributed by atoms with Gasteiger partial charge in [0, 0.05) is 12.7 Å². The topological polar surface area (TPSA) is 110 Å². The van der Waals surface area contributed by atoms with Crippen LogP contribution in [0, 0.1) is 11.3 Å². The molecule has 4 aromatic rings. The molecule has 9 heteroatoms. The minimum absolute atomic E-state index is 0.223. The number of nitrogens with zero attached hydrogens (tertiary/aromatic N) is 5. The van der Waals surface area contributed by atoms with Gasteiger partial charge in [-0.1, -0.05) is 24.3 Å². The second-order valence-electron chi connectivity index (χ2n) is 10.1. The van der Waals surface area contributed by atoms with Gasteiger partial charge in [-0.2, -0.15) is 5.26 Å². The Hall–Kier alpha value is -4.55. The fourth-order valence-electron chi connectivity index (χ4n) is 4.32. The van der Waals surface area contributed by atoms with E-state index in [2.05, 4.69) is 16.0 Å². The molecule has 0 fully saturated rings. The summed E-state index contributed by atoms with van der Waals surface area (Å²) in [5.74, 6) is -0.0463. The zero-order valence-corrected chi connectivity index (χ0v) is 22.7. The summed E-state index contributed by atoms with van der Waals surface area (Å²) in [6, 6.07) is 19.9. The summed E-state index contributed by atoms with van der Waals surface area (Å²) in [6.45, 7) is 8.00. The maximum absolute atomic E-state index is 13.4. The SMILES string of the molecule is COC(=O)c1cc(C#N)ccc1CN(Cc1nc2ccccc2n1C(=O)OC(C)(C)C)C(C)c1ccccn1. The van der Waals surface area contributed by atoms with E-state index >= 15 is 0 Å². The molecule has 2 heterocycles. The summed E-state index contributed by atoms with van der Waals surface area (Å²) >= 11 is 0. The van der Waals surface area contributed by atoms with Crippen LogP contribution in [0.2, 0.25) is 0 Å². The summed E-state index contributed by atoms with van der Waals surface area (Å²) in [7, 11) is 1.31. The molecule has 0 N–H and O–H groups in total. The van der Waals surface area contributed by atoms with Crippen molar-refractivity contribution in [1.82, 2.24) is 19.4 Å². The van der Waals surface area contributed by atoms with Gasteiger partial charge in [0.15, 0.2) is 0 Å². The molecule has 200 valence electrons. The quantitative estimate of drug-likeness (QED) is 0.285. The van der Waals surface area contributed by atoms with Gasteiger partial charge in [-0.3, -0.25) is 9.88 Å². The van der Waals surface area contributed by atoms with Crippen molar-refractivity contribution in [2.24, 2.45) is 0 Å². The summed E-state index contributed by atoms with van der Waals surface area (Å²) in [5.41, 5.74) is 2.75. The number of carbonyl (C=O) groups is 2. The van der Waals surface area contributed by atoms with Crippen LogP contribution >= 0.6 is 0 Å². The van der Waals surface area contributed by atoms with E-state index in [1.807, 2.05) is 70.2 Å². The van der Waals surface area contributed by atoms with E-state index in [1.165, 1.54) is 17.7 Å². The van der Waals surface area contributed by atoms with E-state index in [9.17, 15) is 14.9 Å². The normalized spacial score (nSPS) is 12.2. The number of methoxy groups -OCH3 is 1. The molecule has 0 spiro atoms. The number of ether oxygens (including phenoxy) is 2. The first-order valence-electron chi connectivity index (χ1n) is 12.6. The highest BCUT2D eigenvalue weighted by Gasteiger charge is 2.27.